The van der Waals surface area contributed by atoms with Crippen LogP contribution in [0.2, 0.25) is 0 Å². The van der Waals surface area contributed by atoms with Gasteiger partial charge in [0.05, 0.1) is 5.41 Å². The molecule has 0 spiro atoms. The zero-order valence-corrected chi connectivity index (χ0v) is 9.74. The van der Waals surface area contributed by atoms with Gasteiger partial charge in [-0.3, -0.25) is 9.80 Å². The number of likely N-dealkylation sites (N-methyl/N-ethyl adjacent to an activating group) is 1. The minimum Gasteiger partial charge on any atom is -0.283 e. The van der Waals surface area contributed by atoms with Gasteiger partial charge in [-0.15, -0.1) is 0 Å². The normalized spacial score (nSPS) is 11.3. The smallest absolute Gasteiger partial charge is 0.246 e. The van der Waals surface area contributed by atoms with E-state index < -0.39 is 5.41 Å². The molecule has 0 radical (unpaired) electrons. The fourth-order valence-corrected chi connectivity index (χ4v) is 1.83. The summed E-state index contributed by atoms with van der Waals surface area (Å²) in [7, 11) is 1.57. The van der Waals surface area contributed by atoms with E-state index in [0.29, 0.717) is 0 Å². The maximum atomic E-state index is 11.9. The Morgan fingerprint density at radius 1 is 1.33 bits per heavy atom. The Labute approximate surface area is 90.9 Å². The lowest BCUT2D eigenvalue weighted by atomic mass is 9.81. The standard InChI is InChI=1S/C12H18N2O/c1-9-7-5-6-8-10(9)12(2,3)11(15)14(4)13/h5-8H,13H2,1-4H3. The fraction of sp³-hybridized carbons (Fsp3) is 0.417. The second kappa shape index (κ2) is 4.03. The van der Waals surface area contributed by atoms with Crippen LogP contribution in [-0.2, 0) is 10.2 Å². The molecule has 0 saturated heterocycles. The van der Waals surface area contributed by atoms with Crippen molar-refractivity contribution in [1.29, 1.82) is 0 Å². The first-order chi connectivity index (χ1) is 6.87. The van der Waals surface area contributed by atoms with E-state index in [2.05, 4.69) is 0 Å². The number of carbonyl (C=O) groups is 1. The lowest BCUT2D eigenvalue weighted by Crippen LogP contribution is -2.45. The van der Waals surface area contributed by atoms with Crippen molar-refractivity contribution in [2.75, 3.05) is 7.05 Å². The van der Waals surface area contributed by atoms with Crippen molar-refractivity contribution in [2.45, 2.75) is 26.2 Å². The zero-order valence-electron chi connectivity index (χ0n) is 9.74. The van der Waals surface area contributed by atoms with Gasteiger partial charge in [0.25, 0.3) is 0 Å². The highest BCUT2D eigenvalue weighted by atomic mass is 16.2. The van der Waals surface area contributed by atoms with E-state index in [1.165, 1.54) is 0 Å². The molecule has 0 aliphatic rings. The molecule has 0 heterocycles. The predicted molar refractivity (Wildman–Crippen MR) is 61.2 cm³/mol. The molecule has 0 aliphatic heterocycles. The molecule has 82 valence electrons. The van der Waals surface area contributed by atoms with E-state index in [9.17, 15) is 4.79 Å². The highest BCUT2D eigenvalue weighted by Crippen LogP contribution is 2.27. The van der Waals surface area contributed by atoms with E-state index in [4.69, 9.17) is 5.84 Å². The van der Waals surface area contributed by atoms with Gasteiger partial charge in [0.15, 0.2) is 0 Å². The molecule has 3 heteroatoms. The molecule has 1 aromatic carbocycles. The number of carbonyl (C=O) groups excluding carboxylic acids is 1. The van der Waals surface area contributed by atoms with E-state index >= 15 is 0 Å². The third kappa shape index (κ3) is 2.18. The molecule has 0 aromatic heterocycles. The van der Waals surface area contributed by atoms with Crippen LogP contribution in [0, 0.1) is 6.92 Å². The summed E-state index contributed by atoms with van der Waals surface area (Å²) in [6.07, 6.45) is 0. The largest absolute Gasteiger partial charge is 0.283 e. The van der Waals surface area contributed by atoms with Crippen LogP contribution in [0.3, 0.4) is 0 Å². The summed E-state index contributed by atoms with van der Waals surface area (Å²) in [6.45, 7) is 5.78. The topological polar surface area (TPSA) is 46.3 Å². The summed E-state index contributed by atoms with van der Waals surface area (Å²) in [5, 5.41) is 1.15. The fourth-order valence-electron chi connectivity index (χ4n) is 1.83. The van der Waals surface area contributed by atoms with Crippen molar-refractivity contribution in [3.8, 4) is 0 Å². The summed E-state index contributed by atoms with van der Waals surface area (Å²) in [5.41, 5.74) is 1.56. The Bertz CT molecular complexity index is 370. The van der Waals surface area contributed by atoms with E-state index in [1.807, 2.05) is 45.0 Å². The molecule has 1 aromatic rings. The molecule has 2 N–H and O–H groups in total. The first kappa shape index (κ1) is 11.7. The molecule has 1 rings (SSSR count). The maximum absolute atomic E-state index is 11.9. The first-order valence-electron chi connectivity index (χ1n) is 4.96. The zero-order chi connectivity index (χ0) is 11.6. The number of hydrogen-bond donors (Lipinski definition) is 1. The number of aryl methyl sites for hydroxylation is 1. The molecule has 0 bridgehead atoms. The van der Waals surface area contributed by atoms with Crippen LogP contribution in [0.5, 0.6) is 0 Å². The molecule has 0 aliphatic carbocycles. The van der Waals surface area contributed by atoms with Crippen LogP contribution >= 0.6 is 0 Å². The first-order valence-corrected chi connectivity index (χ1v) is 4.96. The minimum absolute atomic E-state index is 0.0863. The van der Waals surface area contributed by atoms with Crippen molar-refractivity contribution in [3.63, 3.8) is 0 Å². The van der Waals surface area contributed by atoms with Gasteiger partial charge >= 0.3 is 0 Å². The number of hydrazine groups is 1. The van der Waals surface area contributed by atoms with Crippen LogP contribution in [0.25, 0.3) is 0 Å². The SMILES string of the molecule is Cc1ccccc1C(C)(C)C(=O)N(C)N. The average Bonchev–Trinajstić information content (AvgIpc) is 2.16. The molecule has 0 unspecified atom stereocenters. The molecule has 0 atom stereocenters. The van der Waals surface area contributed by atoms with Crippen LogP contribution < -0.4 is 5.84 Å². The lowest BCUT2D eigenvalue weighted by Gasteiger charge is -2.28. The van der Waals surface area contributed by atoms with Gasteiger partial charge in [-0.2, -0.15) is 0 Å². The lowest BCUT2D eigenvalue weighted by molar-refractivity contribution is -0.135. The molecular formula is C12H18N2O. The third-order valence-corrected chi connectivity index (χ3v) is 2.67. The van der Waals surface area contributed by atoms with E-state index in [0.717, 1.165) is 16.1 Å². The summed E-state index contributed by atoms with van der Waals surface area (Å²) in [6, 6.07) is 7.87. The van der Waals surface area contributed by atoms with Gasteiger partial charge in [-0.05, 0) is 31.9 Å². The van der Waals surface area contributed by atoms with Crippen LogP contribution in [-0.4, -0.2) is 18.0 Å². The summed E-state index contributed by atoms with van der Waals surface area (Å²) in [4.78, 5) is 11.9. The van der Waals surface area contributed by atoms with Crippen molar-refractivity contribution in [3.05, 3.63) is 35.4 Å². The second-order valence-electron chi connectivity index (χ2n) is 4.36. The second-order valence-corrected chi connectivity index (χ2v) is 4.36. The van der Waals surface area contributed by atoms with Gasteiger partial charge in [0.1, 0.15) is 0 Å². The Hall–Kier alpha value is -1.35. The molecular weight excluding hydrogens is 188 g/mol. The summed E-state index contributed by atoms with van der Waals surface area (Å²) in [5.74, 6) is 5.41. The molecule has 15 heavy (non-hydrogen) atoms. The predicted octanol–water partition coefficient (Wildman–Crippen LogP) is 1.60. The minimum atomic E-state index is -0.575. The Balaban J connectivity index is 3.17. The monoisotopic (exact) mass is 206 g/mol. The van der Waals surface area contributed by atoms with Crippen LogP contribution in [0.4, 0.5) is 0 Å². The number of rotatable bonds is 2. The van der Waals surface area contributed by atoms with E-state index in [-0.39, 0.29) is 5.91 Å². The highest BCUT2D eigenvalue weighted by molar-refractivity contribution is 5.87. The van der Waals surface area contributed by atoms with Crippen molar-refractivity contribution in [2.24, 2.45) is 5.84 Å². The molecule has 0 fully saturated rings. The summed E-state index contributed by atoms with van der Waals surface area (Å²) < 4.78 is 0. The molecule has 1 amide bonds. The van der Waals surface area contributed by atoms with Gasteiger partial charge < -0.3 is 0 Å². The van der Waals surface area contributed by atoms with Gasteiger partial charge in [0.2, 0.25) is 5.91 Å². The number of benzene rings is 1. The van der Waals surface area contributed by atoms with Crippen molar-refractivity contribution >= 4 is 5.91 Å². The quantitative estimate of drug-likeness (QED) is 0.454. The number of amides is 1. The van der Waals surface area contributed by atoms with Crippen molar-refractivity contribution < 1.29 is 4.79 Å². The number of nitrogens with two attached hydrogens (primary N) is 1. The van der Waals surface area contributed by atoms with Crippen molar-refractivity contribution in [1.82, 2.24) is 5.01 Å². The summed E-state index contributed by atoms with van der Waals surface area (Å²) >= 11 is 0. The Morgan fingerprint density at radius 3 is 2.33 bits per heavy atom. The van der Waals surface area contributed by atoms with Gasteiger partial charge in [-0.1, -0.05) is 24.3 Å². The molecule has 3 nitrogen and oxygen atoms in total. The third-order valence-electron chi connectivity index (χ3n) is 2.67. The van der Waals surface area contributed by atoms with E-state index in [1.54, 1.807) is 7.05 Å². The number of hydrogen-bond acceptors (Lipinski definition) is 2. The average molecular weight is 206 g/mol. The Kier molecular flexibility index (Phi) is 3.15. The van der Waals surface area contributed by atoms with Gasteiger partial charge in [-0.25, -0.2) is 5.84 Å². The Morgan fingerprint density at radius 2 is 1.87 bits per heavy atom. The van der Waals surface area contributed by atoms with Crippen LogP contribution in [0.15, 0.2) is 24.3 Å². The highest BCUT2D eigenvalue weighted by Gasteiger charge is 2.32. The van der Waals surface area contributed by atoms with Crippen LogP contribution in [0.1, 0.15) is 25.0 Å². The maximum Gasteiger partial charge on any atom is 0.246 e. The number of nitrogens with zero attached hydrogens (tertiary/aromatic N) is 1. The molecule has 0 saturated carbocycles. The van der Waals surface area contributed by atoms with Gasteiger partial charge in [0, 0.05) is 7.05 Å².